The fourth-order valence-corrected chi connectivity index (χ4v) is 3.76. The van der Waals surface area contributed by atoms with E-state index in [4.69, 9.17) is 0 Å². The predicted molar refractivity (Wildman–Crippen MR) is 123 cm³/mol. The van der Waals surface area contributed by atoms with Gasteiger partial charge in [0.25, 0.3) is 0 Å². The number of hydrogen-bond acceptors (Lipinski definition) is 6. The first kappa shape index (κ1) is 19.6. The number of aromatic nitrogens is 4. The van der Waals surface area contributed by atoms with Crippen LogP contribution in [0.3, 0.4) is 0 Å². The Morgan fingerprint density at radius 1 is 0.625 bits per heavy atom. The average molecular weight is 418 g/mol. The maximum Gasteiger partial charge on any atom is 0.235 e. The Morgan fingerprint density at radius 2 is 1.19 bits per heavy atom. The van der Waals surface area contributed by atoms with Crippen molar-refractivity contribution in [1.29, 1.82) is 0 Å². The average Bonchev–Trinajstić information content (AvgIpc) is 2.84. The fraction of sp³-hybridized carbons (Fsp3) is 0.0769. The summed E-state index contributed by atoms with van der Waals surface area (Å²) in [6, 6.07) is 17.1. The second-order valence-electron chi connectivity index (χ2n) is 7.56. The Kier molecular flexibility index (Phi) is 4.75. The minimum absolute atomic E-state index is 0.339. The van der Waals surface area contributed by atoms with E-state index in [2.05, 4.69) is 44.2 Å². The van der Waals surface area contributed by atoms with Gasteiger partial charge >= 0.3 is 0 Å². The van der Waals surface area contributed by atoms with Crippen molar-refractivity contribution in [3.8, 4) is 11.4 Å². The molecule has 0 radical (unpaired) electrons. The van der Waals surface area contributed by atoms with Crippen LogP contribution in [0.1, 0.15) is 32.0 Å². The second-order valence-corrected chi connectivity index (χ2v) is 7.56. The molecule has 0 unspecified atom stereocenters. The molecule has 0 saturated heterocycles. The van der Waals surface area contributed by atoms with Gasteiger partial charge in [0.15, 0.2) is 0 Å². The predicted octanol–water partition coefficient (Wildman–Crippen LogP) is 4.92. The van der Waals surface area contributed by atoms with E-state index in [-0.39, 0.29) is 0 Å². The highest BCUT2D eigenvalue weighted by Gasteiger charge is 2.32. The number of Topliss-reactive ketones (excluding diaryl/α,β-unsaturated/α-hetero) is 2. The SMILES string of the molecule is Cc1cc2c(nc1C)-c1ncccc1C(=O)C2=O.c1cnc2c(c1)ccc1cccnc12. The van der Waals surface area contributed by atoms with Crippen molar-refractivity contribution in [3.05, 3.63) is 95.6 Å². The lowest BCUT2D eigenvalue weighted by Gasteiger charge is -2.17. The van der Waals surface area contributed by atoms with Crippen molar-refractivity contribution in [1.82, 2.24) is 19.9 Å². The summed E-state index contributed by atoms with van der Waals surface area (Å²) in [5.74, 6) is -1.00. The lowest BCUT2D eigenvalue weighted by atomic mass is 9.89. The molecule has 154 valence electrons. The van der Waals surface area contributed by atoms with Crippen LogP contribution in [0.4, 0.5) is 0 Å². The number of rotatable bonds is 0. The molecule has 0 amide bonds. The summed E-state index contributed by atoms with van der Waals surface area (Å²) in [5.41, 5.74) is 5.40. The number of ketones is 2. The fourth-order valence-electron chi connectivity index (χ4n) is 3.76. The largest absolute Gasteiger partial charge is 0.285 e. The molecule has 0 saturated carbocycles. The Balaban J connectivity index is 0.000000139. The van der Waals surface area contributed by atoms with Crippen LogP contribution < -0.4 is 0 Å². The number of carbonyl (C=O) groups is 2. The van der Waals surface area contributed by atoms with Gasteiger partial charge in [0.05, 0.1) is 22.2 Å². The number of pyridine rings is 4. The van der Waals surface area contributed by atoms with Crippen LogP contribution in [0.2, 0.25) is 0 Å². The molecule has 0 aliphatic heterocycles. The van der Waals surface area contributed by atoms with Gasteiger partial charge in [0.2, 0.25) is 11.6 Å². The first-order chi connectivity index (χ1) is 15.5. The normalized spacial score (nSPS) is 12.2. The maximum atomic E-state index is 12.0. The number of aryl methyl sites for hydroxylation is 2. The third-order valence-electron chi connectivity index (χ3n) is 5.54. The van der Waals surface area contributed by atoms with Crippen molar-refractivity contribution in [2.24, 2.45) is 0 Å². The quantitative estimate of drug-likeness (QED) is 0.262. The van der Waals surface area contributed by atoms with Gasteiger partial charge in [-0.3, -0.25) is 29.5 Å². The topological polar surface area (TPSA) is 85.7 Å². The van der Waals surface area contributed by atoms with Crippen LogP contribution in [0.25, 0.3) is 33.2 Å². The zero-order valence-corrected chi connectivity index (χ0v) is 17.5. The molecule has 1 aromatic carbocycles. The molecule has 0 atom stereocenters. The van der Waals surface area contributed by atoms with E-state index in [9.17, 15) is 9.59 Å². The molecule has 1 aliphatic carbocycles. The minimum Gasteiger partial charge on any atom is -0.285 e. The summed E-state index contributed by atoms with van der Waals surface area (Å²) in [6.45, 7) is 3.74. The molecule has 1 aliphatic rings. The highest BCUT2D eigenvalue weighted by atomic mass is 16.2. The third kappa shape index (κ3) is 3.22. The van der Waals surface area contributed by atoms with Gasteiger partial charge in [-0.2, -0.15) is 0 Å². The standard InChI is InChI=1S/C14H10N2O2.C12H8N2/c1-7-6-10-12(16-8(7)2)11-9(4-3-5-15-11)13(17)14(10)18;1-3-9-5-6-10-4-2-8-14-12(10)11(9)13-7-1/h3-6H,1-2H3;1-8H. The summed E-state index contributed by atoms with van der Waals surface area (Å²) >= 11 is 0. The minimum atomic E-state index is -0.504. The summed E-state index contributed by atoms with van der Waals surface area (Å²) in [6.07, 6.45) is 5.20. The molecule has 0 fully saturated rings. The number of fused-ring (bicyclic) bond motifs is 6. The van der Waals surface area contributed by atoms with E-state index in [0.29, 0.717) is 22.5 Å². The maximum absolute atomic E-state index is 12.0. The smallest absolute Gasteiger partial charge is 0.235 e. The molecule has 5 aromatic rings. The van der Waals surface area contributed by atoms with Crippen molar-refractivity contribution < 1.29 is 9.59 Å². The second kappa shape index (κ2) is 7.74. The summed E-state index contributed by atoms with van der Waals surface area (Å²) in [5, 5.41) is 2.28. The van der Waals surface area contributed by atoms with E-state index in [1.807, 2.05) is 26.0 Å². The molecule has 6 nitrogen and oxygen atoms in total. The number of carbonyl (C=O) groups excluding carboxylic acids is 2. The molecular formula is C26H18N4O2. The van der Waals surface area contributed by atoms with Crippen molar-refractivity contribution >= 4 is 33.4 Å². The number of benzene rings is 1. The zero-order valence-electron chi connectivity index (χ0n) is 17.5. The van der Waals surface area contributed by atoms with Crippen LogP contribution in [0, 0.1) is 13.8 Å². The van der Waals surface area contributed by atoms with Gasteiger partial charge in [-0.1, -0.05) is 24.3 Å². The van der Waals surface area contributed by atoms with E-state index in [1.165, 1.54) is 0 Å². The van der Waals surface area contributed by atoms with Gasteiger partial charge in [-0.25, -0.2) is 0 Å². The molecular weight excluding hydrogens is 400 g/mol. The lowest BCUT2D eigenvalue weighted by molar-refractivity contribution is 0.0814. The highest BCUT2D eigenvalue weighted by Crippen LogP contribution is 2.31. The molecule has 0 N–H and O–H groups in total. The first-order valence-corrected chi connectivity index (χ1v) is 10.2. The Hall–Kier alpha value is -4.32. The molecule has 0 spiro atoms. The van der Waals surface area contributed by atoms with Gasteiger partial charge in [-0.15, -0.1) is 0 Å². The Bertz CT molecular complexity index is 1490. The van der Waals surface area contributed by atoms with Crippen molar-refractivity contribution in [2.75, 3.05) is 0 Å². The zero-order chi connectivity index (χ0) is 22.2. The van der Waals surface area contributed by atoms with Crippen molar-refractivity contribution in [2.45, 2.75) is 13.8 Å². The monoisotopic (exact) mass is 418 g/mol. The number of hydrogen-bond donors (Lipinski definition) is 0. The molecule has 6 heteroatoms. The van der Waals surface area contributed by atoms with E-state index >= 15 is 0 Å². The molecule has 32 heavy (non-hydrogen) atoms. The van der Waals surface area contributed by atoms with Gasteiger partial charge < -0.3 is 0 Å². The van der Waals surface area contributed by atoms with Crippen LogP contribution in [-0.2, 0) is 0 Å². The van der Waals surface area contributed by atoms with Crippen LogP contribution in [-0.4, -0.2) is 31.5 Å². The number of nitrogens with zero attached hydrogens (tertiary/aromatic N) is 4. The van der Waals surface area contributed by atoms with E-state index in [0.717, 1.165) is 33.1 Å². The third-order valence-corrected chi connectivity index (χ3v) is 5.54. The summed E-state index contributed by atoms with van der Waals surface area (Å²) in [7, 11) is 0. The highest BCUT2D eigenvalue weighted by molar-refractivity contribution is 6.52. The van der Waals surface area contributed by atoms with Gasteiger partial charge in [0.1, 0.15) is 11.4 Å². The van der Waals surface area contributed by atoms with E-state index < -0.39 is 11.6 Å². The van der Waals surface area contributed by atoms with Gasteiger partial charge in [0, 0.05) is 35.1 Å². The van der Waals surface area contributed by atoms with Crippen LogP contribution in [0.15, 0.2) is 73.2 Å². The Labute approximate surface area is 184 Å². The summed E-state index contributed by atoms with van der Waals surface area (Å²) in [4.78, 5) is 41.3. The molecule has 0 bridgehead atoms. The Morgan fingerprint density at radius 3 is 1.84 bits per heavy atom. The van der Waals surface area contributed by atoms with Crippen molar-refractivity contribution in [3.63, 3.8) is 0 Å². The molecule has 4 heterocycles. The lowest BCUT2D eigenvalue weighted by Crippen LogP contribution is -2.23. The molecule has 6 rings (SSSR count). The van der Waals surface area contributed by atoms with E-state index in [1.54, 1.807) is 36.8 Å². The van der Waals surface area contributed by atoms with Gasteiger partial charge in [-0.05, 0) is 49.7 Å². The summed E-state index contributed by atoms with van der Waals surface area (Å²) < 4.78 is 0. The van der Waals surface area contributed by atoms with Crippen LogP contribution >= 0.6 is 0 Å². The van der Waals surface area contributed by atoms with Crippen LogP contribution in [0.5, 0.6) is 0 Å². The first-order valence-electron chi connectivity index (χ1n) is 10.2. The molecule has 4 aromatic heterocycles.